The van der Waals surface area contributed by atoms with Gasteiger partial charge in [0.25, 0.3) is 0 Å². The average Bonchev–Trinajstić information content (AvgIpc) is 2.31. The predicted molar refractivity (Wildman–Crippen MR) is 74.9 cm³/mol. The van der Waals surface area contributed by atoms with E-state index in [4.69, 9.17) is 4.74 Å². The number of hydrogen-bond acceptors (Lipinski definition) is 1. The molecule has 1 unspecified atom stereocenters. The third-order valence-electron chi connectivity index (χ3n) is 3.25. The number of benzene rings is 1. The zero-order chi connectivity index (χ0) is 12.8. The quantitative estimate of drug-likeness (QED) is 0.642. The SMILES string of the molecule is C=CCC(CC)c1cc(C)c(OCC)cc1C. The maximum absolute atomic E-state index is 5.63. The number of rotatable bonds is 6. The number of allylic oxidation sites excluding steroid dienone is 1. The zero-order valence-corrected chi connectivity index (χ0v) is 11.5. The molecule has 0 heterocycles. The van der Waals surface area contributed by atoms with E-state index in [-0.39, 0.29) is 0 Å². The molecule has 0 aromatic heterocycles. The molecule has 0 aliphatic rings. The van der Waals surface area contributed by atoms with Crippen LogP contribution in [0, 0.1) is 13.8 Å². The molecule has 1 atom stereocenters. The monoisotopic (exact) mass is 232 g/mol. The smallest absolute Gasteiger partial charge is 0.122 e. The van der Waals surface area contributed by atoms with Crippen LogP contribution in [0.25, 0.3) is 0 Å². The summed E-state index contributed by atoms with van der Waals surface area (Å²) in [5.41, 5.74) is 4.00. The van der Waals surface area contributed by atoms with Crippen molar-refractivity contribution in [3.63, 3.8) is 0 Å². The summed E-state index contributed by atoms with van der Waals surface area (Å²) in [6.07, 6.45) is 4.21. The Kier molecular flexibility index (Phi) is 5.27. The van der Waals surface area contributed by atoms with E-state index in [0.717, 1.165) is 25.2 Å². The van der Waals surface area contributed by atoms with Crippen LogP contribution in [0.5, 0.6) is 5.75 Å². The standard InChI is InChI=1S/C16H24O/c1-6-9-14(7-2)15-10-13(5)16(17-8-3)11-12(15)4/h6,10-11,14H,1,7-9H2,2-5H3. The highest BCUT2D eigenvalue weighted by Gasteiger charge is 2.13. The van der Waals surface area contributed by atoms with Crippen LogP contribution >= 0.6 is 0 Å². The molecule has 94 valence electrons. The molecule has 0 spiro atoms. The van der Waals surface area contributed by atoms with E-state index in [1.54, 1.807) is 0 Å². The Morgan fingerprint density at radius 2 is 1.94 bits per heavy atom. The maximum atomic E-state index is 5.63. The van der Waals surface area contributed by atoms with Gasteiger partial charge in [0.15, 0.2) is 0 Å². The molecular weight excluding hydrogens is 208 g/mol. The third kappa shape index (κ3) is 3.36. The Labute approximate surface area is 106 Å². The lowest BCUT2D eigenvalue weighted by Crippen LogP contribution is -2.02. The molecule has 17 heavy (non-hydrogen) atoms. The van der Waals surface area contributed by atoms with Crippen LogP contribution in [0.15, 0.2) is 24.8 Å². The van der Waals surface area contributed by atoms with Gasteiger partial charge in [-0.1, -0.05) is 19.1 Å². The molecule has 0 N–H and O–H groups in total. The van der Waals surface area contributed by atoms with Gasteiger partial charge in [-0.15, -0.1) is 6.58 Å². The molecule has 1 rings (SSSR count). The molecule has 0 radical (unpaired) electrons. The largest absolute Gasteiger partial charge is 0.494 e. The average molecular weight is 232 g/mol. The summed E-state index contributed by atoms with van der Waals surface area (Å²) in [6.45, 7) is 13.1. The van der Waals surface area contributed by atoms with Crippen LogP contribution < -0.4 is 4.74 Å². The summed E-state index contributed by atoms with van der Waals surface area (Å²) in [6, 6.07) is 4.44. The van der Waals surface area contributed by atoms with E-state index in [1.165, 1.54) is 16.7 Å². The zero-order valence-electron chi connectivity index (χ0n) is 11.5. The van der Waals surface area contributed by atoms with Crippen molar-refractivity contribution in [2.75, 3.05) is 6.61 Å². The van der Waals surface area contributed by atoms with Gasteiger partial charge in [0.2, 0.25) is 0 Å². The summed E-state index contributed by atoms with van der Waals surface area (Å²) in [4.78, 5) is 0. The van der Waals surface area contributed by atoms with E-state index < -0.39 is 0 Å². The van der Waals surface area contributed by atoms with E-state index in [0.29, 0.717) is 5.92 Å². The number of aryl methyl sites for hydroxylation is 2. The second kappa shape index (κ2) is 6.48. The molecule has 0 amide bonds. The lowest BCUT2D eigenvalue weighted by Gasteiger charge is -2.19. The molecule has 1 heteroatoms. The summed E-state index contributed by atoms with van der Waals surface area (Å²) >= 11 is 0. The minimum atomic E-state index is 0.585. The van der Waals surface area contributed by atoms with Gasteiger partial charge < -0.3 is 4.74 Å². The van der Waals surface area contributed by atoms with Crippen LogP contribution in [-0.2, 0) is 0 Å². The van der Waals surface area contributed by atoms with Crippen molar-refractivity contribution < 1.29 is 4.74 Å². The minimum absolute atomic E-state index is 0.585. The second-order valence-corrected chi connectivity index (χ2v) is 4.54. The molecule has 0 aliphatic carbocycles. The van der Waals surface area contributed by atoms with Crippen LogP contribution in [0.1, 0.15) is 49.3 Å². The van der Waals surface area contributed by atoms with Crippen molar-refractivity contribution in [3.8, 4) is 5.75 Å². The fourth-order valence-corrected chi connectivity index (χ4v) is 2.28. The van der Waals surface area contributed by atoms with E-state index in [9.17, 15) is 0 Å². The Hall–Kier alpha value is -1.24. The van der Waals surface area contributed by atoms with Gasteiger partial charge in [-0.2, -0.15) is 0 Å². The highest BCUT2D eigenvalue weighted by atomic mass is 16.5. The fraction of sp³-hybridized carbons (Fsp3) is 0.500. The van der Waals surface area contributed by atoms with Crippen molar-refractivity contribution >= 4 is 0 Å². The molecule has 1 nitrogen and oxygen atoms in total. The van der Waals surface area contributed by atoms with Crippen molar-refractivity contribution in [1.82, 2.24) is 0 Å². The lowest BCUT2D eigenvalue weighted by molar-refractivity contribution is 0.337. The molecule has 0 aliphatic heterocycles. The summed E-state index contributed by atoms with van der Waals surface area (Å²) in [5, 5.41) is 0. The minimum Gasteiger partial charge on any atom is -0.494 e. The van der Waals surface area contributed by atoms with E-state index >= 15 is 0 Å². The predicted octanol–water partition coefficient (Wildman–Crippen LogP) is 4.77. The summed E-state index contributed by atoms with van der Waals surface area (Å²) < 4.78 is 5.63. The highest BCUT2D eigenvalue weighted by molar-refractivity contribution is 5.43. The Morgan fingerprint density at radius 1 is 1.24 bits per heavy atom. The molecule has 0 bridgehead atoms. The second-order valence-electron chi connectivity index (χ2n) is 4.54. The maximum Gasteiger partial charge on any atom is 0.122 e. The van der Waals surface area contributed by atoms with Gasteiger partial charge in [0.05, 0.1) is 6.61 Å². The van der Waals surface area contributed by atoms with Crippen LogP contribution in [0.4, 0.5) is 0 Å². The van der Waals surface area contributed by atoms with E-state index in [2.05, 4.69) is 39.5 Å². The molecular formula is C16H24O. The van der Waals surface area contributed by atoms with Crippen LogP contribution in [0.3, 0.4) is 0 Å². The lowest BCUT2D eigenvalue weighted by atomic mass is 9.88. The fourth-order valence-electron chi connectivity index (χ4n) is 2.28. The van der Waals surface area contributed by atoms with Gasteiger partial charge in [-0.3, -0.25) is 0 Å². The van der Waals surface area contributed by atoms with Gasteiger partial charge >= 0.3 is 0 Å². The Bertz CT molecular complexity index is 379. The first-order chi connectivity index (χ1) is 8.13. The Morgan fingerprint density at radius 3 is 2.47 bits per heavy atom. The van der Waals surface area contributed by atoms with Crippen molar-refractivity contribution in [3.05, 3.63) is 41.5 Å². The molecule has 0 fully saturated rings. The highest BCUT2D eigenvalue weighted by Crippen LogP contribution is 2.31. The van der Waals surface area contributed by atoms with E-state index in [1.807, 2.05) is 13.0 Å². The normalized spacial score (nSPS) is 12.2. The summed E-state index contributed by atoms with van der Waals surface area (Å²) in [7, 11) is 0. The molecule has 1 aromatic carbocycles. The van der Waals surface area contributed by atoms with Gasteiger partial charge in [-0.25, -0.2) is 0 Å². The Balaban J connectivity index is 3.08. The van der Waals surface area contributed by atoms with Gasteiger partial charge in [0, 0.05) is 0 Å². The van der Waals surface area contributed by atoms with Crippen LogP contribution in [-0.4, -0.2) is 6.61 Å². The first-order valence-corrected chi connectivity index (χ1v) is 6.48. The third-order valence-corrected chi connectivity index (χ3v) is 3.25. The van der Waals surface area contributed by atoms with Crippen molar-refractivity contribution in [2.45, 2.75) is 46.5 Å². The first-order valence-electron chi connectivity index (χ1n) is 6.48. The summed E-state index contributed by atoms with van der Waals surface area (Å²) in [5.74, 6) is 1.60. The van der Waals surface area contributed by atoms with Crippen molar-refractivity contribution in [1.29, 1.82) is 0 Å². The number of hydrogen-bond donors (Lipinski definition) is 0. The molecule has 0 saturated heterocycles. The van der Waals surface area contributed by atoms with Gasteiger partial charge in [-0.05, 0) is 62.3 Å². The first kappa shape index (κ1) is 13.8. The topological polar surface area (TPSA) is 9.23 Å². The number of ether oxygens (including phenoxy) is 1. The van der Waals surface area contributed by atoms with Crippen molar-refractivity contribution in [2.24, 2.45) is 0 Å². The van der Waals surface area contributed by atoms with Crippen LogP contribution in [0.2, 0.25) is 0 Å². The molecule has 1 aromatic rings. The molecule has 0 saturated carbocycles. The van der Waals surface area contributed by atoms with Gasteiger partial charge in [0.1, 0.15) is 5.75 Å².